The molecule has 1 saturated heterocycles. The Balaban J connectivity index is 1.42. The molecule has 1 unspecified atom stereocenters. The SMILES string of the molecule is COc1cc(-n2cnc(Nc3nc(N4CCCC4C(N)=O)c4c(ccn4S(=O)(=O)c4ccc(C)cc4)n3)c2)cc(OC)c1OC. The van der Waals surface area contributed by atoms with Gasteiger partial charge in [-0.05, 0) is 38.0 Å². The molecule has 0 saturated carbocycles. The lowest BCUT2D eigenvalue weighted by Gasteiger charge is -2.25. The summed E-state index contributed by atoms with van der Waals surface area (Å²) >= 11 is 0. The topological polar surface area (TPSA) is 169 Å². The van der Waals surface area contributed by atoms with Crippen LogP contribution < -0.4 is 30.2 Å². The molecular weight excluding hydrogens is 600 g/mol. The maximum Gasteiger partial charge on any atom is 0.268 e. The van der Waals surface area contributed by atoms with Crippen molar-refractivity contribution in [1.82, 2.24) is 23.5 Å². The molecule has 0 aliphatic carbocycles. The molecule has 45 heavy (non-hydrogen) atoms. The fourth-order valence-corrected chi connectivity index (χ4v) is 6.80. The molecule has 4 heterocycles. The van der Waals surface area contributed by atoms with E-state index in [1.807, 2.05) is 6.92 Å². The zero-order chi connectivity index (χ0) is 31.9. The molecule has 1 aliphatic heterocycles. The third-order valence-electron chi connectivity index (χ3n) is 7.68. The standard InChI is InChI=1S/C30H32N8O6S/c1-18-7-9-20(10-8-18)45(40,41)38-13-11-21-26(38)29(37-12-5-6-22(37)28(31)39)35-30(33-21)34-25-16-36(17-32-25)19-14-23(42-2)27(44-4)24(15-19)43-3/h7-11,13-17,22H,5-6,12H2,1-4H3,(H2,31,39)(H,33,34,35). The Labute approximate surface area is 259 Å². The second kappa shape index (κ2) is 11.6. The van der Waals surface area contributed by atoms with Crippen molar-refractivity contribution in [3.05, 3.63) is 66.7 Å². The van der Waals surface area contributed by atoms with Gasteiger partial charge in [0.1, 0.15) is 17.9 Å². The Morgan fingerprint density at radius 2 is 1.73 bits per heavy atom. The van der Waals surface area contributed by atoms with Crippen LogP contribution in [0.5, 0.6) is 17.2 Å². The number of hydrogen-bond acceptors (Lipinski definition) is 11. The molecule has 1 atom stereocenters. The number of ether oxygens (including phenoxy) is 3. The van der Waals surface area contributed by atoms with Crippen LogP contribution in [0.1, 0.15) is 18.4 Å². The summed E-state index contributed by atoms with van der Waals surface area (Å²) in [5.74, 6) is 1.75. The van der Waals surface area contributed by atoms with E-state index in [4.69, 9.17) is 24.9 Å². The first-order valence-electron chi connectivity index (χ1n) is 14.0. The van der Waals surface area contributed by atoms with Gasteiger partial charge in [0.25, 0.3) is 10.0 Å². The molecule has 1 fully saturated rings. The van der Waals surface area contributed by atoms with Crippen LogP contribution in [-0.4, -0.2) is 71.7 Å². The number of amides is 1. The quantitative estimate of drug-likeness (QED) is 0.231. The van der Waals surface area contributed by atoms with Crippen LogP contribution in [0.25, 0.3) is 16.7 Å². The summed E-state index contributed by atoms with van der Waals surface area (Å²) in [6, 6.07) is 11.1. The summed E-state index contributed by atoms with van der Waals surface area (Å²) in [7, 11) is 0.590. The molecule has 234 valence electrons. The summed E-state index contributed by atoms with van der Waals surface area (Å²) in [4.78, 5) is 28.1. The number of aryl methyl sites for hydroxylation is 1. The third-order valence-corrected chi connectivity index (χ3v) is 9.37. The van der Waals surface area contributed by atoms with Gasteiger partial charge in [-0.15, -0.1) is 0 Å². The van der Waals surface area contributed by atoms with Crippen LogP contribution >= 0.6 is 0 Å². The molecule has 5 aromatic rings. The van der Waals surface area contributed by atoms with Gasteiger partial charge in [0.2, 0.25) is 17.6 Å². The van der Waals surface area contributed by atoms with E-state index < -0.39 is 22.0 Å². The number of carbonyl (C=O) groups is 1. The number of aromatic nitrogens is 5. The normalized spacial score (nSPS) is 14.9. The molecule has 3 N–H and O–H groups in total. The van der Waals surface area contributed by atoms with Crippen LogP contribution in [0.3, 0.4) is 0 Å². The molecule has 0 radical (unpaired) electrons. The van der Waals surface area contributed by atoms with Gasteiger partial charge in [0, 0.05) is 24.9 Å². The minimum Gasteiger partial charge on any atom is -0.493 e. The number of benzene rings is 2. The lowest BCUT2D eigenvalue weighted by molar-refractivity contribution is -0.119. The summed E-state index contributed by atoms with van der Waals surface area (Å²) in [5.41, 5.74) is 7.98. The van der Waals surface area contributed by atoms with Gasteiger partial charge < -0.3 is 34.7 Å². The van der Waals surface area contributed by atoms with Crippen LogP contribution in [0.2, 0.25) is 0 Å². The molecule has 1 aliphatic rings. The van der Waals surface area contributed by atoms with E-state index in [2.05, 4.69) is 15.3 Å². The number of primary amides is 1. The highest BCUT2D eigenvalue weighted by Crippen LogP contribution is 2.39. The minimum atomic E-state index is -4.02. The van der Waals surface area contributed by atoms with E-state index in [-0.39, 0.29) is 22.2 Å². The van der Waals surface area contributed by atoms with E-state index in [0.29, 0.717) is 53.7 Å². The van der Waals surface area contributed by atoms with Crippen LogP contribution in [0.15, 0.2) is 66.1 Å². The summed E-state index contributed by atoms with van der Waals surface area (Å²) in [6.07, 6.45) is 5.97. The van der Waals surface area contributed by atoms with Crippen molar-refractivity contribution in [3.63, 3.8) is 0 Å². The Kier molecular flexibility index (Phi) is 7.70. The third kappa shape index (κ3) is 5.35. The fraction of sp³-hybridized carbons (Fsp3) is 0.267. The Morgan fingerprint density at radius 1 is 1.02 bits per heavy atom. The lowest BCUT2D eigenvalue weighted by Crippen LogP contribution is -2.41. The summed E-state index contributed by atoms with van der Waals surface area (Å²) in [5, 5.41) is 3.12. The number of nitrogens with zero attached hydrogens (tertiary/aromatic N) is 6. The van der Waals surface area contributed by atoms with Crippen molar-refractivity contribution in [1.29, 1.82) is 0 Å². The largest absolute Gasteiger partial charge is 0.493 e. The monoisotopic (exact) mass is 632 g/mol. The molecule has 1 amide bonds. The maximum atomic E-state index is 13.8. The number of carbonyl (C=O) groups excluding carboxylic acids is 1. The molecule has 14 nitrogen and oxygen atoms in total. The van der Waals surface area contributed by atoms with E-state index in [1.54, 1.807) is 64.5 Å². The highest BCUT2D eigenvalue weighted by molar-refractivity contribution is 7.90. The van der Waals surface area contributed by atoms with Crippen molar-refractivity contribution < 1.29 is 27.4 Å². The number of nitrogens with two attached hydrogens (primary N) is 1. The Bertz CT molecular complexity index is 1980. The smallest absolute Gasteiger partial charge is 0.268 e. The lowest BCUT2D eigenvalue weighted by atomic mass is 10.2. The van der Waals surface area contributed by atoms with Crippen LogP contribution in [-0.2, 0) is 14.8 Å². The number of rotatable bonds is 10. The molecule has 0 spiro atoms. The van der Waals surface area contributed by atoms with Gasteiger partial charge >= 0.3 is 0 Å². The maximum absolute atomic E-state index is 13.8. The first-order valence-corrected chi connectivity index (χ1v) is 15.5. The number of methoxy groups -OCH3 is 3. The van der Waals surface area contributed by atoms with E-state index in [9.17, 15) is 13.2 Å². The van der Waals surface area contributed by atoms with Gasteiger partial charge in [-0.1, -0.05) is 17.7 Å². The second-order valence-electron chi connectivity index (χ2n) is 10.5. The average Bonchev–Trinajstić information content (AvgIpc) is 3.80. The van der Waals surface area contributed by atoms with Crippen molar-refractivity contribution in [2.75, 3.05) is 38.1 Å². The summed E-state index contributed by atoms with van der Waals surface area (Å²) in [6.45, 7) is 2.34. The van der Waals surface area contributed by atoms with Crippen LogP contribution in [0, 0.1) is 6.92 Å². The first-order chi connectivity index (χ1) is 21.6. The number of anilines is 3. The average molecular weight is 633 g/mol. The minimum absolute atomic E-state index is 0.115. The zero-order valence-electron chi connectivity index (χ0n) is 25.1. The molecule has 3 aromatic heterocycles. The van der Waals surface area contributed by atoms with Gasteiger partial charge in [0.15, 0.2) is 23.1 Å². The fourth-order valence-electron chi connectivity index (χ4n) is 5.46. The van der Waals surface area contributed by atoms with Crippen molar-refractivity contribution in [2.45, 2.75) is 30.7 Å². The summed E-state index contributed by atoms with van der Waals surface area (Å²) < 4.78 is 46.9. The number of hydrogen-bond donors (Lipinski definition) is 2. The number of imidazole rings is 1. The molecular formula is C30H32N8O6S. The van der Waals surface area contributed by atoms with Gasteiger partial charge in [0.05, 0.1) is 43.6 Å². The van der Waals surface area contributed by atoms with E-state index in [0.717, 1.165) is 9.54 Å². The molecule has 0 bridgehead atoms. The molecule has 15 heteroatoms. The molecule has 2 aromatic carbocycles. The predicted molar refractivity (Wildman–Crippen MR) is 167 cm³/mol. The van der Waals surface area contributed by atoms with Gasteiger partial charge in [-0.2, -0.15) is 4.98 Å². The van der Waals surface area contributed by atoms with Crippen molar-refractivity contribution >= 4 is 44.5 Å². The highest BCUT2D eigenvalue weighted by Gasteiger charge is 2.34. The zero-order valence-corrected chi connectivity index (χ0v) is 25.9. The Hall–Kier alpha value is -5.31. The first kappa shape index (κ1) is 29.7. The van der Waals surface area contributed by atoms with Gasteiger partial charge in [-0.3, -0.25) is 4.79 Å². The molecule has 6 rings (SSSR count). The van der Waals surface area contributed by atoms with E-state index >= 15 is 0 Å². The number of nitrogens with one attached hydrogen (secondary N) is 1. The second-order valence-corrected chi connectivity index (χ2v) is 12.3. The van der Waals surface area contributed by atoms with Gasteiger partial charge in [-0.25, -0.2) is 22.4 Å². The van der Waals surface area contributed by atoms with Crippen molar-refractivity contribution in [2.24, 2.45) is 5.73 Å². The predicted octanol–water partition coefficient (Wildman–Crippen LogP) is 3.39. The highest BCUT2D eigenvalue weighted by atomic mass is 32.2. The number of fused-ring (bicyclic) bond motifs is 1. The van der Waals surface area contributed by atoms with Crippen molar-refractivity contribution in [3.8, 4) is 22.9 Å². The van der Waals surface area contributed by atoms with Crippen LogP contribution in [0.4, 0.5) is 17.6 Å². The Morgan fingerprint density at radius 3 is 2.38 bits per heavy atom. The van der Waals surface area contributed by atoms with E-state index in [1.165, 1.54) is 27.5 Å².